The van der Waals surface area contributed by atoms with Gasteiger partial charge in [0.1, 0.15) is 11.4 Å². The van der Waals surface area contributed by atoms with E-state index in [1.165, 1.54) is 5.56 Å². The Morgan fingerprint density at radius 2 is 1.87 bits per heavy atom. The van der Waals surface area contributed by atoms with Crippen molar-refractivity contribution in [2.45, 2.75) is 25.4 Å². The number of rotatable bonds is 6. The number of amides is 1. The average Bonchev–Trinajstić information content (AvgIpc) is 3.18. The van der Waals surface area contributed by atoms with Crippen LogP contribution in [0.1, 0.15) is 28.9 Å². The average molecular weight is 405 g/mol. The van der Waals surface area contributed by atoms with E-state index < -0.39 is 0 Å². The van der Waals surface area contributed by atoms with Gasteiger partial charge in [-0.2, -0.15) is 5.10 Å². The first-order valence-electron chi connectivity index (χ1n) is 10.4. The lowest BCUT2D eigenvalue weighted by molar-refractivity contribution is 0.0899. The number of carbonyl (C=O) groups is 1. The fourth-order valence-corrected chi connectivity index (χ4v) is 3.94. The van der Waals surface area contributed by atoms with Crippen molar-refractivity contribution in [3.8, 4) is 17.0 Å². The van der Waals surface area contributed by atoms with Gasteiger partial charge in [0.05, 0.1) is 12.8 Å². The Morgan fingerprint density at radius 3 is 2.60 bits per heavy atom. The van der Waals surface area contributed by atoms with E-state index in [9.17, 15) is 4.79 Å². The number of piperidine rings is 1. The molecule has 1 aliphatic heterocycles. The number of carbonyl (C=O) groups excluding carboxylic acids is 1. The SMILES string of the molecule is COc1cccc(-c2cc(C(=O)NC3CCN(Cc4ccccc4)CC3)n(C)n2)c1. The maximum atomic E-state index is 12.9. The highest BCUT2D eigenvalue weighted by molar-refractivity contribution is 5.94. The predicted octanol–water partition coefficient (Wildman–Crippen LogP) is 3.49. The molecule has 2 aromatic carbocycles. The molecular weight excluding hydrogens is 376 g/mol. The first-order valence-corrected chi connectivity index (χ1v) is 10.4. The van der Waals surface area contributed by atoms with Gasteiger partial charge in [-0.25, -0.2) is 0 Å². The second-order valence-corrected chi connectivity index (χ2v) is 7.78. The lowest BCUT2D eigenvalue weighted by atomic mass is 10.0. The Kier molecular flexibility index (Phi) is 6.14. The van der Waals surface area contributed by atoms with Crippen molar-refractivity contribution < 1.29 is 9.53 Å². The molecule has 0 aliphatic carbocycles. The summed E-state index contributed by atoms with van der Waals surface area (Å²) in [6.07, 6.45) is 1.92. The van der Waals surface area contributed by atoms with Crippen LogP contribution in [0.25, 0.3) is 11.3 Å². The van der Waals surface area contributed by atoms with Crippen LogP contribution in [0.15, 0.2) is 60.7 Å². The van der Waals surface area contributed by atoms with Gasteiger partial charge in [-0.1, -0.05) is 42.5 Å². The van der Waals surface area contributed by atoms with Crippen LogP contribution >= 0.6 is 0 Å². The van der Waals surface area contributed by atoms with Gasteiger partial charge in [-0.3, -0.25) is 14.4 Å². The fourth-order valence-electron chi connectivity index (χ4n) is 3.94. The van der Waals surface area contributed by atoms with E-state index in [0.29, 0.717) is 5.69 Å². The molecular formula is C24H28N4O2. The second-order valence-electron chi connectivity index (χ2n) is 7.78. The minimum atomic E-state index is -0.0688. The van der Waals surface area contributed by atoms with E-state index in [2.05, 4.69) is 39.6 Å². The monoisotopic (exact) mass is 404 g/mol. The molecule has 0 bridgehead atoms. The molecule has 1 amide bonds. The van der Waals surface area contributed by atoms with E-state index in [4.69, 9.17) is 4.74 Å². The zero-order chi connectivity index (χ0) is 20.9. The topological polar surface area (TPSA) is 59.4 Å². The number of benzene rings is 2. The van der Waals surface area contributed by atoms with Crippen LogP contribution in [-0.2, 0) is 13.6 Å². The van der Waals surface area contributed by atoms with Crippen molar-refractivity contribution in [3.05, 3.63) is 71.9 Å². The van der Waals surface area contributed by atoms with E-state index in [-0.39, 0.29) is 11.9 Å². The molecule has 156 valence electrons. The summed E-state index contributed by atoms with van der Waals surface area (Å²) in [6, 6.07) is 20.3. The molecule has 1 saturated heterocycles. The predicted molar refractivity (Wildman–Crippen MR) is 117 cm³/mol. The molecule has 0 atom stereocenters. The van der Waals surface area contributed by atoms with E-state index in [1.807, 2.05) is 36.4 Å². The van der Waals surface area contributed by atoms with Crippen LogP contribution in [0.2, 0.25) is 0 Å². The van der Waals surface area contributed by atoms with E-state index >= 15 is 0 Å². The maximum Gasteiger partial charge on any atom is 0.269 e. The summed E-state index contributed by atoms with van der Waals surface area (Å²) in [4.78, 5) is 15.3. The van der Waals surface area contributed by atoms with Crippen molar-refractivity contribution in [2.24, 2.45) is 7.05 Å². The molecule has 6 nitrogen and oxygen atoms in total. The highest BCUT2D eigenvalue weighted by atomic mass is 16.5. The first-order chi connectivity index (χ1) is 14.6. The van der Waals surface area contributed by atoms with E-state index in [0.717, 1.165) is 49.5 Å². The summed E-state index contributed by atoms with van der Waals surface area (Å²) in [5.41, 5.74) is 3.59. The number of ether oxygens (including phenoxy) is 1. The Bertz CT molecular complexity index is 991. The normalized spacial score (nSPS) is 15.1. The highest BCUT2D eigenvalue weighted by Gasteiger charge is 2.23. The van der Waals surface area contributed by atoms with Gasteiger partial charge < -0.3 is 10.1 Å². The standard InChI is InChI=1S/C24H28N4O2/c1-27-23(16-22(26-27)19-9-6-10-21(15-19)30-2)24(29)25-20-11-13-28(14-12-20)17-18-7-4-3-5-8-18/h3-10,15-16,20H,11-14,17H2,1-2H3,(H,25,29). The van der Waals surface area contributed by atoms with Crippen LogP contribution in [0.5, 0.6) is 5.75 Å². The molecule has 1 aromatic heterocycles. The molecule has 0 radical (unpaired) electrons. The van der Waals surface area contributed by atoms with Crippen molar-refractivity contribution >= 4 is 5.91 Å². The number of nitrogens with zero attached hydrogens (tertiary/aromatic N) is 3. The van der Waals surface area contributed by atoms with Crippen LogP contribution in [-0.4, -0.2) is 46.8 Å². The highest BCUT2D eigenvalue weighted by Crippen LogP contribution is 2.23. The molecule has 0 saturated carbocycles. The van der Waals surface area contributed by atoms with Gasteiger partial charge in [-0.15, -0.1) is 0 Å². The number of hydrogen-bond donors (Lipinski definition) is 1. The van der Waals surface area contributed by atoms with Crippen LogP contribution < -0.4 is 10.1 Å². The maximum absolute atomic E-state index is 12.9. The summed E-state index contributed by atoms with van der Waals surface area (Å²) in [5, 5.41) is 7.72. The van der Waals surface area contributed by atoms with Crippen LogP contribution in [0.4, 0.5) is 0 Å². The molecule has 0 spiro atoms. The summed E-state index contributed by atoms with van der Waals surface area (Å²) in [5.74, 6) is 0.701. The molecule has 1 aliphatic rings. The Balaban J connectivity index is 1.35. The van der Waals surface area contributed by atoms with Gasteiger partial charge in [0, 0.05) is 38.3 Å². The minimum absolute atomic E-state index is 0.0688. The quantitative estimate of drug-likeness (QED) is 0.683. The lowest BCUT2D eigenvalue weighted by Gasteiger charge is -2.32. The second kappa shape index (κ2) is 9.13. The summed E-state index contributed by atoms with van der Waals surface area (Å²) in [6.45, 7) is 2.94. The zero-order valence-electron chi connectivity index (χ0n) is 17.5. The molecule has 30 heavy (non-hydrogen) atoms. The summed E-state index contributed by atoms with van der Waals surface area (Å²) in [7, 11) is 3.45. The summed E-state index contributed by atoms with van der Waals surface area (Å²) >= 11 is 0. The Morgan fingerprint density at radius 1 is 1.10 bits per heavy atom. The lowest BCUT2D eigenvalue weighted by Crippen LogP contribution is -2.44. The Labute approximate surface area is 177 Å². The number of aromatic nitrogens is 2. The van der Waals surface area contributed by atoms with Crippen LogP contribution in [0, 0.1) is 0 Å². The smallest absolute Gasteiger partial charge is 0.269 e. The summed E-state index contributed by atoms with van der Waals surface area (Å²) < 4.78 is 6.94. The first kappa shape index (κ1) is 20.2. The molecule has 2 heterocycles. The molecule has 4 rings (SSSR count). The molecule has 1 N–H and O–H groups in total. The number of methoxy groups -OCH3 is 1. The fraction of sp³-hybridized carbons (Fsp3) is 0.333. The third-order valence-corrected chi connectivity index (χ3v) is 5.65. The number of aryl methyl sites for hydroxylation is 1. The zero-order valence-corrected chi connectivity index (χ0v) is 17.5. The molecule has 3 aromatic rings. The number of nitrogens with one attached hydrogen (secondary N) is 1. The minimum Gasteiger partial charge on any atom is -0.497 e. The molecule has 0 unspecified atom stereocenters. The third kappa shape index (κ3) is 4.71. The number of hydrogen-bond acceptors (Lipinski definition) is 4. The van der Waals surface area contributed by atoms with Gasteiger partial charge in [0.15, 0.2) is 0 Å². The number of likely N-dealkylation sites (tertiary alicyclic amines) is 1. The van der Waals surface area contributed by atoms with Crippen molar-refractivity contribution in [1.82, 2.24) is 20.0 Å². The van der Waals surface area contributed by atoms with Crippen LogP contribution in [0.3, 0.4) is 0 Å². The Hall–Kier alpha value is -3.12. The van der Waals surface area contributed by atoms with Crippen molar-refractivity contribution in [2.75, 3.05) is 20.2 Å². The van der Waals surface area contributed by atoms with Crippen molar-refractivity contribution in [1.29, 1.82) is 0 Å². The third-order valence-electron chi connectivity index (χ3n) is 5.65. The molecule has 6 heteroatoms. The van der Waals surface area contributed by atoms with Gasteiger partial charge in [0.2, 0.25) is 0 Å². The van der Waals surface area contributed by atoms with Crippen molar-refractivity contribution in [3.63, 3.8) is 0 Å². The van der Waals surface area contributed by atoms with Gasteiger partial charge in [-0.05, 0) is 36.6 Å². The van der Waals surface area contributed by atoms with Gasteiger partial charge in [0.25, 0.3) is 5.91 Å². The van der Waals surface area contributed by atoms with E-state index in [1.54, 1.807) is 18.8 Å². The molecule has 1 fully saturated rings. The van der Waals surface area contributed by atoms with Gasteiger partial charge >= 0.3 is 0 Å². The largest absolute Gasteiger partial charge is 0.497 e.